The van der Waals surface area contributed by atoms with Gasteiger partial charge in [-0.2, -0.15) is 0 Å². The third-order valence-electron chi connectivity index (χ3n) is 3.62. The Morgan fingerprint density at radius 3 is 2.57 bits per heavy atom. The van der Waals surface area contributed by atoms with E-state index in [2.05, 4.69) is 10.6 Å². The fourth-order valence-corrected chi connectivity index (χ4v) is 2.44. The summed E-state index contributed by atoms with van der Waals surface area (Å²) >= 11 is 0. The van der Waals surface area contributed by atoms with Gasteiger partial charge in [0.25, 0.3) is 0 Å². The first kappa shape index (κ1) is 15.6. The minimum absolute atomic E-state index is 0.0812. The van der Waals surface area contributed by atoms with Crippen molar-refractivity contribution in [3.05, 3.63) is 29.8 Å². The summed E-state index contributed by atoms with van der Waals surface area (Å²) in [6.07, 6.45) is 4.63. The van der Waals surface area contributed by atoms with E-state index in [1.54, 1.807) is 7.11 Å². The van der Waals surface area contributed by atoms with E-state index in [0.29, 0.717) is 25.8 Å². The zero-order valence-electron chi connectivity index (χ0n) is 12.6. The van der Waals surface area contributed by atoms with Gasteiger partial charge in [-0.1, -0.05) is 25.0 Å². The molecule has 116 valence electrons. The minimum atomic E-state index is -0.0812. The Kier molecular flexibility index (Phi) is 6.34. The molecule has 21 heavy (non-hydrogen) atoms. The lowest BCUT2D eigenvalue weighted by Crippen LogP contribution is -2.40. The van der Waals surface area contributed by atoms with E-state index in [9.17, 15) is 4.79 Å². The predicted octanol–water partition coefficient (Wildman–Crippen LogP) is 2.45. The Bertz CT molecular complexity index is 428. The van der Waals surface area contributed by atoms with Crippen molar-refractivity contribution in [3.8, 4) is 5.75 Å². The van der Waals surface area contributed by atoms with E-state index in [0.717, 1.165) is 24.2 Å². The highest BCUT2D eigenvalue weighted by molar-refractivity contribution is 5.74. The SMILES string of the molecule is COCCOc1ccc(CNC(=O)NC2CCCC2)cc1. The molecule has 1 fully saturated rings. The van der Waals surface area contributed by atoms with Crippen LogP contribution in [0.25, 0.3) is 0 Å². The lowest BCUT2D eigenvalue weighted by Gasteiger charge is -2.13. The van der Waals surface area contributed by atoms with E-state index in [-0.39, 0.29) is 6.03 Å². The molecule has 0 atom stereocenters. The van der Waals surface area contributed by atoms with Crippen molar-refractivity contribution in [3.63, 3.8) is 0 Å². The number of carbonyl (C=O) groups excluding carboxylic acids is 1. The highest BCUT2D eigenvalue weighted by Gasteiger charge is 2.16. The van der Waals surface area contributed by atoms with Crippen LogP contribution in [0.5, 0.6) is 5.75 Å². The van der Waals surface area contributed by atoms with Crippen LogP contribution in [0, 0.1) is 0 Å². The van der Waals surface area contributed by atoms with Crippen molar-refractivity contribution in [1.82, 2.24) is 10.6 Å². The number of benzene rings is 1. The smallest absolute Gasteiger partial charge is 0.315 e. The molecule has 0 aliphatic heterocycles. The Hall–Kier alpha value is -1.75. The van der Waals surface area contributed by atoms with Crippen molar-refractivity contribution in [1.29, 1.82) is 0 Å². The van der Waals surface area contributed by atoms with Gasteiger partial charge in [-0.3, -0.25) is 0 Å². The van der Waals surface area contributed by atoms with Crippen molar-refractivity contribution in [2.24, 2.45) is 0 Å². The van der Waals surface area contributed by atoms with Crippen LogP contribution in [0.3, 0.4) is 0 Å². The monoisotopic (exact) mass is 292 g/mol. The first-order valence-corrected chi connectivity index (χ1v) is 7.53. The minimum Gasteiger partial charge on any atom is -0.491 e. The van der Waals surface area contributed by atoms with Gasteiger partial charge in [0.15, 0.2) is 0 Å². The third-order valence-corrected chi connectivity index (χ3v) is 3.62. The van der Waals surface area contributed by atoms with Crippen molar-refractivity contribution < 1.29 is 14.3 Å². The molecule has 0 spiro atoms. The summed E-state index contributed by atoms with van der Waals surface area (Å²) in [5.41, 5.74) is 1.05. The molecule has 1 saturated carbocycles. The Morgan fingerprint density at radius 2 is 1.90 bits per heavy atom. The quantitative estimate of drug-likeness (QED) is 0.759. The van der Waals surface area contributed by atoms with Gasteiger partial charge in [-0.25, -0.2) is 4.79 Å². The summed E-state index contributed by atoms with van der Waals surface area (Å²) < 4.78 is 10.4. The maximum Gasteiger partial charge on any atom is 0.315 e. The van der Waals surface area contributed by atoms with Gasteiger partial charge in [-0.15, -0.1) is 0 Å². The van der Waals surface area contributed by atoms with E-state index in [1.807, 2.05) is 24.3 Å². The van der Waals surface area contributed by atoms with E-state index in [4.69, 9.17) is 9.47 Å². The summed E-state index contributed by atoms with van der Waals surface area (Å²) in [4.78, 5) is 11.8. The molecule has 1 aliphatic rings. The molecule has 2 N–H and O–H groups in total. The fraction of sp³-hybridized carbons (Fsp3) is 0.562. The molecule has 5 nitrogen and oxygen atoms in total. The molecule has 2 amide bonds. The summed E-state index contributed by atoms with van der Waals surface area (Å²) in [5, 5.41) is 5.89. The fourth-order valence-electron chi connectivity index (χ4n) is 2.44. The van der Waals surface area contributed by atoms with Crippen LogP contribution >= 0.6 is 0 Å². The third kappa shape index (κ3) is 5.63. The zero-order chi connectivity index (χ0) is 14.9. The van der Waals surface area contributed by atoms with Crippen LogP contribution in [0.2, 0.25) is 0 Å². The lowest BCUT2D eigenvalue weighted by atomic mass is 10.2. The first-order chi connectivity index (χ1) is 10.3. The molecule has 0 radical (unpaired) electrons. The number of ether oxygens (including phenoxy) is 2. The average molecular weight is 292 g/mol. The first-order valence-electron chi connectivity index (χ1n) is 7.53. The van der Waals surface area contributed by atoms with Gasteiger partial charge in [0.2, 0.25) is 0 Å². The normalized spacial score (nSPS) is 14.9. The number of urea groups is 1. The molecule has 0 bridgehead atoms. The maximum absolute atomic E-state index is 11.8. The summed E-state index contributed by atoms with van der Waals surface area (Å²) in [6.45, 7) is 1.64. The summed E-state index contributed by atoms with van der Waals surface area (Å²) in [6, 6.07) is 7.99. The Labute approximate surface area is 126 Å². The number of amides is 2. The molecule has 2 rings (SSSR count). The molecule has 0 saturated heterocycles. The van der Waals surface area contributed by atoms with Gasteiger partial charge in [-0.05, 0) is 30.5 Å². The summed E-state index contributed by atoms with van der Waals surface area (Å²) in [5.74, 6) is 0.811. The van der Waals surface area contributed by atoms with Gasteiger partial charge >= 0.3 is 6.03 Å². The van der Waals surface area contributed by atoms with Crippen LogP contribution < -0.4 is 15.4 Å². The number of hydrogen-bond donors (Lipinski definition) is 2. The van der Waals surface area contributed by atoms with Crippen LogP contribution in [0.15, 0.2) is 24.3 Å². The Morgan fingerprint density at radius 1 is 1.19 bits per heavy atom. The summed E-state index contributed by atoms with van der Waals surface area (Å²) in [7, 11) is 1.65. The van der Waals surface area contributed by atoms with Crippen LogP contribution in [0.4, 0.5) is 4.79 Å². The van der Waals surface area contributed by atoms with E-state index in [1.165, 1.54) is 12.8 Å². The molecule has 0 aromatic heterocycles. The maximum atomic E-state index is 11.8. The molecular formula is C16H24N2O3. The number of rotatable bonds is 7. The number of nitrogens with one attached hydrogen (secondary N) is 2. The van der Waals surface area contributed by atoms with Crippen LogP contribution in [0.1, 0.15) is 31.2 Å². The average Bonchev–Trinajstić information content (AvgIpc) is 2.99. The van der Waals surface area contributed by atoms with Crippen molar-refractivity contribution >= 4 is 6.03 Å². The topological polar surface area (TPSA) is 59.6 Å². The number of carbonyl (C=O) groups is 1. The molecule has 1 aliphatic carbocycles. The van der Waals surface area contributed by atoms with Crippen LogP contribution in [-0.4, -0.2) is 32.4 Å². The van der Waals surface area contributed by atoms with Gasteiger partial charge in [0.1, 0.15) is 12.4 Å². The molecule has 0 unspecified atom stereocenters. The highest BCUT2D eigenvalue weighted by Crippen LogP contribution is 2.17. The second-order valence-corrected chi connectivity index (χ2v) is 5.29. The molecular weight excluding hydrogens is 268 g/mol. The van der Waals surface area contributed by atoms with E-state index >= 15 is 0 Å². The number of methoxy groups -OCH3 is 1. The molecule has 1 aromatic rings. The van der Waals surface area contributed by atoms with Gasteiger partial charge in [0, 0.05) is 19.7 Å². The van der Waals surface area contributed by atoms with Crippen molar-refractivity contribution in [2.45, 2.75) is 38.3 Å². The number of hydrogen-bond acceptors (Lipinski definition) is 3. The second-order valence-electron chi connectivity index (χ2n) is 5.29. The van der Waals surface area contributed by atoms with E-state index < -0.39 is 0 Å². The Balaban J connectivity index is 1.68. The standard InChI is InChI=1S/C16H24N2O3/c1-20-10-11-21-15-8-6-13(7-9-15)12-17-16(19)18-14-4-2-3-5-14/h6-9,14H,2-5,10-12H2,1H3,(H2,17,18,19). The van der Waals surface area contributed by atoms with Gasteiger partial charge in [0.05, 0.1) is 6.61 Å². The largest absolute Gasteiger partial charge is 0.491 e. The van der Waals surface area contributed by atoms with Crippen molar-refractivity contribution in [2.75, 3.05) is 20.3 Å². The highest BCUT2D eigenvalue weighted by atomic mass is 16.5. The molecule has 0 heterocycles. The predicted molar refractivity (Wildman–Crippen MR) is 81.4 cm³/mol. The second kappa shape index (κ2) is 8.52. The zero-order valence-corrected chi connectivity index (χ0v) is 12.6. The molecule has 1 aromatic carbocycles. The molecule has 5 heteroatoms. The lowest BCUT2D eigenvalue weighted by molar-refractivity contribution is 0.146. The van der Waals surface area contributed by atoms with Crippen LogP contribution in [-0.2, 0) is 11.3 Å². The van der Waals surface area contributed by atoms with Gasteiger partial charge < -0.3 is 20.1 Å².